The van der Waals surface area contributed by atoms with Gasteiger partial charge in [0, 0.05) is 6.54 Å². The van der Waals surface area contributed by atoms with E-state index in [2.05, 4.69) is 11.2 Å². The Hall–Kier alpha value is -2.02. The van der Waals surface area contributed by atoms with Crippen LogP contribution in [0.4, 0.5) is 5.69 Å². The molecule has 2 aromatic rings. The summed E-state index contributed by atoms with van der Waals surface area (Å²) >= 11 is 12.3. The van der Waals surface area contributed by atoms with E-state index >= 15 is 0 Å². The Bertz CT molecular complexity index is 696. The molecule has 0 aliphatic carbocycles. The maximum Gasteiger partial charge on any atom is 0.181 e. The molecule has 0 fully saturated rings. The lowest BCUT2D eigenvalue weighted by Crippen LogP contribution is -2.02. The van der Waals surface area contributed by atoms with E-state index in [0.29, 0.717) is 28.1 Å². The van der Waals surface area contributed by atoms with Gasteiger partial charge in [0.25, 0.3) is 0 Å². The van der Waals surface area contributed by atoms with Crippen LogP contribution in [0, 0.1) is 12.3 Å². The van der Waals surface area contributed by atoms with Gasteiger partial charge in [0.1, 0.15) is 6.61 Å². The van der Waals surface area contributed by atoms with Crippen molar-refractivity contribution < 1.29 is 9.47 Å². The molecule has 3 nitrogen and oxygen atoms in total. The zero-order valence-electron chi connectivity index (χ0n) is 12.0. The van der Waals surface area contributed by atoms with E-state index in [4.69, 9.17) is 39.1 Å². The molecule has 0 saturated heterocycles. The average molecular weight is 336 g/mol. The largest absolute Gasteiger partial charge is 0.493 e. The second-order valence-electron chi connectivity index (χ2n) is 4.44. The number of hydrogen-bond donors (Lipinski definition) is 1. The van der Waals surface area contributed by atoms with Crippen molar-refractivity contribution in [2.24, 2.45) is 0 Å². The smallest absolute Gasteiger partial charge is 0.181 e. The van der Waals surface area contributed by atoms with Gasteiger partial charge in [-0.05, 0) is 29.8 Å². The molecule has 0 aliphatic rings. The van der Waals surface area contributed by atoms with Crippen LogP contribution >= 0.6 is 23.2 Å². The molecule has 0 aliphatic heterocycles. The van der Waals surface area contributed by atoms with Gasteiger partial charge in [-0.1, -0.05) is 41.3 Å². The van der Waals surface area contributed by atoms with E-state index in [9.17, 15) is 0 Å². The van der Waals surface area contributed by atoms with Gasteiger partial charge >= 0.3 is 0 Å². The Morgan fingerprint density at radius 1 is 1.18 bits per heavy atom. The topological polar surface area (TPSA) is 30.5 Å². The summed E-state index contributed by atoms with van der Waals surface area (Å²) in [6, 6.07) is 11.2. The fourth-order valence-electron chi connectivity index (χ4n) is 1.93. The molecule has 5 heteroatoms. The van der Waals surface area contributed by atoms with Crippen LogP contribution in [0.15, 0.2) is 36.4 Å². The third-order valence-electron chi connectivity index (χ3n) is 2.95. The maximum absolute atomic E-state index is 6.23. The SMILES string of the molecule is C#CCOc1c(Cl)cc(CNc2ccccc2Cl)cc1OC. The van der Waals surface area contributed by atoms with Gasteiger partial charge < -0.3 is 14.8 Å². The first-order chi connectivity index (χ1) is 10.7. The molecule has 114 valence electrons. The van der Waals surface area contributed by atoms with E-state index in [-0.39, 0.29) is 6.61 Å². The summed E-state index contributed by atoms with van der Waals surface area (Å²) in [5.74, 6) is 3.39. The van der Waals surface area contributed by atoms with Crippen LogP contribution in [0.1, 0.15) is 5.56 Å². The highest BCUT2D eigenvalue weighted by Gasteiger charge is 2.12. The average Bonchev–Trinajstić information content (AvgIpc) is 2.52. The van der Waals surface area contributed by atoms with E-state index in [0.717, 1.165) is 11.3 Å². The Balaban J connectivity index is 2.17. The zero-order chi connectivity index (χ0) is 15.9. The van der Waals surface area contributed by atoms with Gasteiger partial charge in [-0.25, -0.2) is 0 Å². The molecular weight excluding hydrogens is 321 g/mol. The molecule has 22 heavy (non-hydrogen) atoms. The Kier molecular flexibility index (Phi) is 5.83. The minimum Gasteiger partial charge on any atom is -0.493 e. The summed E-state index contributed by atoms with van der Waals surface area (Å²) in [5.41, 5.74) is 1.79. The number of anilines is 1. The van der Waals surface area contributed by atoms with Crippen molar-refractivity contribution in [3.05, 3.63) is 52.0 Å². The number of benzene rings is 2. The Morgan fingerprint density at radius 2 is 1.95 bits per heavy atom. The first-order valence-corrected chi connectivity index (χ1v) is 7.32. The highest BCUT2D eigenvalue weighted by atomic mass is 35.5. The lowest BCUT2D eigenvalue weighted by atomic mass is 10.2. The summed E-state index contributed by atoms with van der Waals surface area (Å²) in [6.07, 6.45) is 5.19. The number of terminal acetylenes is 1. The number of para-hydroxylation sites is 1. The molecule has 0 heterocycles. The van der Waals surface area contributed by atoms with Crippen LogP contribution in [0.3, 0.4) is 0 Å². The van der Waals surface area contributed by atoms with Crippen LogP contribution in [0.2, 0.25) is 10.0 Å². The Morgan fingerprint density at radius 3 is 2.64 bits per heavy atom. The lowest BCUT2D eigenvalue weighted by Gasteiger charge is -2.14. The number of ether oxygens (including phenoxy) is 2. The van der Waals surface area contributed by atoms with E-state index < -0.39 is 0 Å². The highest BCUT2D eigenvalue weighted by molar-refractivity contribution is 6.33. The van der Waals surface area contributed by atoms with Crippen molar-refractivity contribution in [3.63, 3.8) is 0 Å². The quantitative estimate of drug-likeness (QED) is 0.781. The molecule has 0 unspecified atom stereocenters. The van der Waals surface area contributed by atoms with Gasteiger partial charge in [0.2, 0.25) is 0 Å². The molecule has 1 N–H and O–H groups in total. The summed E-state index contributed by atoms with van der Waals surface area (Å²) in [4.78, 5) is 0. The number of rotatable bonds is 6. The number of methoxy groups -OCH3 is 1. The predicted molar refractivity (Wildman–Crippen MR) is 91.1 cm³/mol. The molecule has 2 aromatic carbocycles. The van der Waals surface area contributed by atoms with E-state index in [1.165, 1.54) is 0 Å². The molecular formula is C17H15Cl2NO2. The fourth-order valence-corrected chi connectivity index (χ4v) is 2.42. The van der Waals surface area contributed by atoms with Crippen LogP contribution in [0.25, 0.3) is 0 Å². The molecule has 0 amide bonds. The van der Waals surface area contributed by atoms with Gasteiger partial charge in [-0.2, -0.15) is 0 Å². The molecule has 0 radical (unpaired) electrons. The molecule has 0 bridgehead atoms. The Labute approximate surface area is 140 Å². The maximum atomic E-state index is 6.23. The van der Waals surface area contributed by atoms with Crippen LogP contribution < -0.4 is 14.8 Å². The lowest BCUT2D eigenvalue weighted by molar-refractivity contribution is 0.331. The number of hydrogen-bond acceptors (Lipinski definition) is 3. The van der Waals surface area contributed by atoms with Gasteiger partial charge in [0.15, 0.2) is 11.5 Å². The molecule has 2 rings (SSSR count). The van der Waals surface area contributed by atoms with Crippen molar-refractivity contribution in [2.75, 3.05) is 19.0 Å². The molecule has 0 spiro atoms. The van der Waals surface area contributed by atoms with Crippen LogP contribution in [-0.2, 0) is 6.54 Å². The van der Waals surface area contributed by atoms with Gasteiger partial charge in [-0.3, -0.25) is 0 Å². The van der Waals surface area contributed by atoms with Crippen LogP contribution in [0.5, 0.6) is 11.5 Å². The fraction of sp³-hybridized carbons (Fsp3) is 0.176. The monoisotopic (exact) mass is 335 g/mol. The molecule has 0 saturated carbocycles. The minimum atomic E-state index is 0.132. The second-order valence-corrected chi connectivity index (χ2v) is 5.25. The highest BCUT2D eigenvalue weighted by Crippen LogP contribution is 2.36. The normalized spacial score (nSPS) is 9.91. The van der Waals surface area contributed by atoms with Crippen molar-refractivity contribution in [1.82, 2.24) is 0 Å². The third-order valence-corrected chi connectivity index (χ3v) is 3.56. The van der Waals surface area contributed by atoms with Crippen molar-refractivity contribution in [1.29, 1.82) is 0 Å². The van der Waals surface area contributed by atoms with Crippen molar-refractivity contribution in [2.45, 2.75) is 6.54 Å². The minimum absolute atomic E-state index is 0.132. The summed E-state index contributed by atoms with van der Waals surface area (Å²) in [5, 5.41) is 4.36. The predicted octanol–water partition coefficient (Wildman–Crippen LogP) is 4.63. The van der Waals surface area contributed by atoms with Gasteiger partial charge in [-0.15, -0.1) is 6.42 Å². The summed E-state index contributed by atoms with van der Waals surface area (Å²) < 4.78 is 10.7. The summed E-state index contributed by atoms with van der Waals surface area (Å²) in [7, 11) is 1.56. The first kappa shape index (κ1) is 16.4. The third kappa shape index (κ3) is 4.00. The van der Waals surface area contributed by atoms with Crippen LogP contribution in [-0.4, -0.2) is 13.7 Å². The van der Waals surface area contributed by atoms with Gasteiger partial charge in [0.05, 0.1) is 22.8 Å². The second kappa shape index (κ2) is 7.84. The standard InChI is InChI=1S/C17H15Cl2NO2/c1-3-8-22-17-14(19)9-12(10-16(17)21-2)11-20-15-7-5-4-6-13(15)18/h1,4-7,9-10,20H,8,11H2,2H3. The van der Waals surface area contributed by atoms with E-state index in [1.807, 2.05) is 30.3 Å². The number of nitrogens with one attached hydrogen (secondary N) is 1. The first-order valence-electron chi connectivity index (χ1n) is 6.56. The molecule has 0 atom stereocenters. The summed E-state index contributed by atoms with van der Waals surface area (Å²) in [6.45, 7) is 0.683. The number of halogens is 2. The van der Waals surface area contributed by atoms with Crippen molar-refractivity contribution in [3.8, 4) is 23.8 Å². The molecule has 0 aromatic heterocycles. The zero-order valence-corrected chi connectivity index (χ0v) is 13.5. The van der Waals surface area contributed by atoms with E-state index in [1.54, 1.807) is 13.2 Å². The van der Waals surface area contributed by atoms with Crippen molar-refractivity contribution >= 4 is 28.9 Å².